The van der Waals surface area contributed by atoms with Crippen LogP contribution in [0.25, 0.3) is 0 Å². The van der Waals surface area contributed by atoms with Gasteiger partial charge in [-0.3, -0.25) is 0 Å². The van der Waals surface area contributed by atoms with Crippen molar-refractivity contribution in [1.29, 1.82) is 0 Å². The molecule has 1 rings (SSSR count). The molecule has 0 fully saturated rings. The Morgan fingerprint density at radius 1 is 1.50 bits per heavy atom. The van der Waals surface area contributed by atoms with E-state index in [1.165, 1.54) is 23.9 Å². The number of benzene rings is 1. The molecule has 0 aliphatic rings. The Morgan fingerprint density at radius 3 is 2.50 bits per heavy atom. The molecule has 0 N–H and O–H groups in total. The normalized spacial score (nSPS) is 8.50. The number of hydrogen-bond donors (Lipinski definition) is 0. The fraction of sp³-hybridized carbons (Fsp3) is 0.250. The minimum atomic E-state index is 0.801. The van der Waals surface area contributed by atoms with E-state index in [1.807, 2.05) is 12.1 Å². The molecule has 4 heteroatoms. The van der Waals surface area contributed by atoms with Gasteiger partial charge in [0.2, 0.25) is 0 Å². The molecule has 0 saturated heterocycles. The van der Waals surface area contributed by atoms with E-state index < -0.39 is 0 Å². The first-order valence-corrected chi connectivity index (χ1v) is 13.4. The van der Waals surface area contributed by atoms with Crippen LogP contribution in [0.2, 0.25) is 0 Å². The van der Waals surface area contributed by atoms with Crippen LogP contribution in [0.3, 0.4) is 0 Å². The third-order valence-electron chi connectivity index (χ3n) is 1.29. The van der Waals surface area contributed by atoms with Crippen molar-refractivity contribution in [3.05, 3.63) is 27.3 Å². The second kappa shape index (κ2) is 7.50. The molecule has 0 aliphatic heterocycles. The molecule has 1 aromatic carbocycles. The Morgan fingerprint density at radius 2 is 2.08 bits per heavy atom. The number of rotatable bonds is 1. The van der Waals surface area contributed by atoms with Crippen LogP contribution in [0.1, 0.15) is 5.56 Å². The second-order valence-corrected chi connectivity index (χ2v) is 3.19. The standard InChI is InChI=1S/C8H8IO.HI.Zn/c1-6-3-4-7(10-2)5-8(6)9;;/h3,5H,1-2H3;1H;/q-1;;+2/p-1. The first-order chi connectivity index (χ1) is 5.74. The first-order valence-electron chi connectivity index (χ1n) is 3.22. The van der Waals surface area contributed by atoms with E-state index in [0.29, 0.717) is 0 Å². The van der Waals surface area contributed by atoms with Crippen LogP contribution >= 0.6 is 42.3 Å². The van der Waals surface area contributed by atoms with Crippen molar-refractivity contribution >= 4 is 42.3 Å². The summed E-state index contributed by atoms with van der Waals surface area (Å²) < 4.78 is 6.21. The van der Waals surface area contributed by atoms with E-state index in [2.05, 4.69) is 55.3 Å². The molecule has 0 bridgehead atoms. The third kappa shape index (κ3) is 4.37. The molecule has 0 aliphatic carbocycles. The molecule has 12 heavy (non-hydrogen) atoms. The van der Waals surface area contributed by atoms with E-state index in [4.69, 9.17) is 4.74 Å². The molecule has 1 nitrogen and oxygen atoms in total. The molecule has 0 amide bonds. The summed E-state index contributed by atoms with van der Waals surface area (Å²) >= 11 is 5.89. The van der Waals surface area contributed by atoms with E-state index in [0.717, 1.165) is 5.75 Å². The van der Waals surface area contributed by atoms with Gasteiger partial charge in [-0.05, 0) is 0 Å². The van der Waals surface area contributed by atoms with Crippen molar-refractivity contribution in [2.24, 2.45) is 0 Å². The van der Waals surface area contributed by atoms with Crippen molar-refractivity contribution < 1.29 is 19.5 Å². The summed E-state index contributed by atoms with van der Waals surface area (Å²) in [6, 6.07) is 6.90. The number of methoxy groups -OCH3 is 1. The van der Waals surface area contributed by atoms with E-state index >= 15 is 0 Å². The second-order valence-electron chi connectivity index (χ2n) is 2.03. The first kappa shape index (κ1) is 13.1. The number of hydrogen-bond acceptors (Lipinski definition) is 1. The van der Waals surface area contributed by atoms with Gasteiger partial charge in [0.05, 0.1) is 7.11 Å². The van der Waals surface area contributed by atoms with Crippen molar-refractivity contribution in [2.45, 2.75) is 6.92 Å². The molecule has 0 heterocycles. The quantitative estimate of drug-likeness (QED) is 0.371. The average molecular weight is 439 g/mol. The topological polar surface area (TPSA) is 9.23 Å². The molecular weight excluding hydrogens is 431 g/mol. The predicted octanol–water partition coefficient (Wildman–Crippen LogP) is 3.29. The van der Waals surface area contributed by atoms with Gasteiger partial charge in [-0.1, -0.05) is 33.1 Å². The zero-order valence-corrected chi connectivity index (χ0v) is 14.3. The number of aryl methyl sites for hydroxylation is 1. The van der Waals surface area contributed by atoms with Crippen LogP contribution in [0, 0.1) is 16.6 Å². The number of halogens is 2. The van der Waals surface area contributed by atoms with Crippen molar-refractivity contribution in [3.8, 4) is 5.75 Å². The van der Waals surface area contributed by atoms with Crippen molar-refractivity contribution in [1.82, 2.24) is 0 Å². The molecule has 1 aromatic rings. The zero-order valence-electron chi connectivity index (χ0n) is 7.03. The third-order valence-corrected chi connectivity index (χ3v) is 2.45. The molecular formula is C8H8I2OZn. The van der Waals surface area contributed by atoms with Crippen LogP contribution in [-0.4, -0.2) is 7.11 Å². The number of ether oxygens (including phenoxy) is 1. The van der Waals surface area contributed by atoms with Crippen LogP contribution < -0.4 is 4.74 Å². The van der Waals surface area contributed by atoms with Gasteiger partial charge in [-0.2, -0.15) is 6.07 Å². The van der Waals surface area contributed by atoms with Gasteiger partial charge >= 0.3 is 34.5 Å². The summed E-state index contributed by atoms with van der Waals surface area (Å²) in [7, 11) is 1.65. The van der Waals surface area contributed by atoms with Gasteiger partial charge in [0, 0.05) is 5.75 Å². The SMILES string of the molecule is COc1[c-]cc(C)c(I)c1.[Zn+][I]. The van der Waals surface area contributed by atoms with Gasteiger partial charge in [0.15, 0.2) is 0 Å². The monoisotopic (exact) mass is 438 g/mol. The van der Waals surface area contributed by atoms with E-state index in [9.17, 15) is 0 Å². The zero-order chi connectivity index (χ0) is 9.56. The molecule has 0 unspecified atom stereocenters. The summed E-state index contributed by atoms with van der Waals surface area (Å²) in [5.41, 5.74) is 1.24. The Balaban J connectivity index is 0.000000561. The van der Waals surface area contributed by atoms with E-state index in [1.54, 1.807) is 7.11 Å². The van der Waals surface area contributed by atoms with E-state index in [-0.39, 0.29) is 0 Å². The summed E-state index contributed by atoms with van der Waals surface area (Å²) in [4.78, 5) is 0. The summed E-state index contributed by atoms with van der Waals surface area (Å²) in [6.07, 6.45) is 0. The fourth-order valence-corrected chi connectivity index (χ4v) is 1.08. The van der Waals surface area contributed by atoms with Crippen molar-refractivity contribution in [3.63, 3.8) is 0 Å². The Labute approximate surface area is 108 Å². The Bertz CT molecular complexity index is 240. The van der Waals surface area contributed by atoms with Crippen LogP contribution in [-0.2, 0) is 14.8 Å². The molecule has 0 radical (unpaired) electrons. The van der Waals surface area contributed by atoms with Crippen LogP contribution in [0.5, 0.6) is 5.75 Å². The summed E-state index contributed by atoms with van der Waals surface area (Å²) in [6.45, 7) is 2.05. The molecule has 0 aromatic heterocycles. The van der Waals surface area contributed by atoms with Gasteiger partial charge in [-0.25, -0.2) is 0 Å². The molecule has 62 valence electrons. The minimum absolute atomic E-state index is 0.801. The van der Waals surface area contributed by atoms with Gasteiger partial charge in [0.25, 0.3) is 0 Å². The molecule has 0 spiro atoms. The Hall–Kier alpha value is 1.10. The van der Waals surface area contributed by atoms with Crippen LogP contribution in [0.4, 0.5) is 0 Å². The summed E-state index contributed by atoms with van der Waals surface area (Å²) in [5, 5.41) is 0. The predicted molar refractivity (Wildman–Crippen MR) is 63.3 cm³/mol. The fourth-order valence-electron chi connectivity index (χ4n) is 0.637. The molecule has 0 atom stereocenters. The maximum absolute atomic E-state index is 4.99. The average Bonchev–Trinajstić information content (AvgIpc) is 2.13. The van der Waals surface area contributed by atoms with Gasteiger partial charge in [-0.15, -0.1) is 17.7 Å². The van der Waals surface area contributed by atoms with Gasteiger partial charge in [0.1, 0.15) is 0 Å². The maximum atomic E-state index is 4.99. The van der Waals surface area contributed by atoms with Crippen molar-refractivity contribution in [2.75, 3.05) is 7.11 Å². The molecule has 0 saturated carbocycles. The van der Waals surface area contributed by atoms with Gasteiger partial charge < -0.3 is 4.74 Å². The summed E-state index contributed by atoms with van der Waals surface area (Å²) in [5.74, 6) is 0.801. The van der Waals surface area contributed by atoms with Crippen LogP contribution in [0.15, 0.2) is 12.1 Å². The Kier molecular flexibility index (Phi) is 8.19.